The third-order valence-electron chi connectivity index (χ3n) is 2.98. The lowest BCUT2D eigenvalue weighted by molar-refractivity contribution is -0.150. The highest BCUT2D eigenvalue weighted by Crippen LogP contribution is 2.28. The van der Waals surface area contributed by atoms with Crippen molar-refractivity contribution in [2.24, 2.45) is 0 Å². The normalized spacial score (nSPS) is 21.2. The molecule has 1 aliphatic rings. The van der Waals surface area contributed by atoms with Gasteiger partial charge in [-0.1, -0.05) is 6.07 Å². The molecule has 1 atom stereocenters. The highest BCUT2D eigenvalue weighted by atomic mass is 32.1. The molecule has 5 heteroatoms. The van der Waals surface area contributed by atoms with Crippen molar-refractivity contribution in [3.63, 3.8) is 0 Å². The second-order valence-corrected chi connectivity index (χ2v) is 5.78. The van der Waals surface area contributed by atoms with Crippen LogP contribution in [0.5, 0.6) is 0 Å². The smallest absolute Gasteiger partial charge is 0.248 e. The molecule has 17 heavy (non-hydrogen) atoms. The molecular formula is C12H16N2O2S. The third-order valence-corrected chi connectivity index (χ3v) is 4.03. The maximum Gasteiger partial charge on any atom is 0.248 e. The maximum absolute atomic E-state index is 12.2. The van der Waals surface area contributed by atoms with Gasteiger partial charge in [0, 0.05) is 4.88 Å². The zero-order chi connectivity index (χ0) is 12.6. The van der Waals surface area contributed by atoms with Gasteiger partial charge in [-0.15, -0.1) is 11.3 Å². The number of hydrogen-bond acceptors (Lipinski definition) is 3. The van der Waals surface area contributed by atoms with Crippen LogP contribution in [-0.4, -0.2) is 28.8 Å². The van der Waals surface area contributed by atoms with Gasteiger partial charge in [0.25, 0.3) is 0 Å². The van der Waals surface area contributed by atoms with E-state index in [0.717, 1.165) is 4.88 Å². The minimum absolute atomic E-state index is 0.0296. The fourth-order valence-electron chi connectivity index (χ4n) is 2.02. The Hall–Kier alpha value is -1.36. The van der Waals surface area contributed by atoms with Gasteiger partial charge in [0.15, 0.2) is 0 Å². The van der Waals surface area contributed by atoms with Crippen LogP contribution in [-0.2, 0) is 9.59 Å². The molecule has 2 amide bonds. The van der Waals surface area contributed by atoms with Crippen LogP contribution in [0, 0.1) is 0 Å². The lowest BCUT2D eigenvalue weighted by Crippen LogP contribution is -2.64. The molecule has 1 aromatic rings. The fraction of sp³-hybridized carbons (Fsp3) is 0.500. The van der Waals surface area contributed by atoms with Crippen molar-refractivity contribution in [1.82, 2.24) is 10.2 Å². The minimum atomic E-state index is -0.805. The van der Waals surface area contributed by atoms with E-state index in [1.807, 2.05) is 24.4 Å². The Morgan fingerprint density at radius 3 is 2.76 bits per heavy atom. The Kier molecular flexibility index (Phi) is 2.95. The molecule has 92 valence electrons. The summed E-state index contributed by atoms with van der Waals surface area (Å²) < 4.78 is 0. The van der Waals surface area contributed by atoms with Gasteiger partial charge in [-0.3, -0.25) is 9.59 Å². The van der Waals surface area contributed by atoms with Crippen molar-refractivity contribution in [2.75, 3.05) is 6.54 Å². The molecule has 2 heterocycles. The van der Waals surface area contributed by atoms with E-state index in [0.29, 0.717) is 0 Å². The predicted octanol–water partition coefficient (Wildman–Crippen LogP) is 1.55. The number of carbonyl (C=O) groups excluding carboxylic acids is 2. The summed E-state index contributed by atoms with van der Waals surface area (Å²) in [6.07, 6.45) is 0. The summed E-state index contributed by atoms with van der Waals surface area (Å²) in [7, 11) is 0. The number of amides is 2. The first-order chi connectivity index (χ1) is 7.92. The highest BCUT2D eigenvalue weighted by Gasteiger charge is 2.41. The van der Waals surface area contributed by atoms with Crippen molar-refractivity contribution in [1.29, 1.82) is 0 Å². The molecule has 1 unspecified atom stereocenters. The molecule has 1 aromatic heterocycles. The first-order valence-corrected chi connectivity index (χ1v) is 6.45. The molecule has 0 saturated carbocycles. The van der Waals surface area contributed by atoms with Gasteiger partial charge in [0.1, 0.15) is 12.1 Å². The lowest BCUT2D eigenvalue weighted by Gasteiger charge is -2.40. The topological polar surface area (TPSA) is 49.4 Å². The van der Waals surface area contributed by atoms with Crippen molar-refractivity contribution >= 4 is 23.2 Å². The Bertz CT molecular complexity index is 439. The number of hydrogen-bond donors (Lipinski definition) is 1. The van der Waals surface area contributed by atoms with Gasteiger partial charge in [0.05, 0.1) is 6.04 Å². The van der Waals surface area contributed by atoms with E-state index in [2.05, 4.69) is 5.32 Å². The van der Waals surface area contributed by atoms with Crippen molar-refractivity contribution in [3.8, 4) is 0 Å². The summed E-state index contributed by atoms with van der Waals surface area (Å²) in [4.78, 5) is 26.6. The standard InChI is InChI=1S/C12H16N2O2S/c1-8(9-5-4-6-17-9)14-7-10(15)13-12(2,3)11(14)16/h4-6,8H,7H2,1-3H3,(H,13,15). The Labute approximate surface area is 105 Å². The SMILES string of the molecule is CC(c1cccs1)N1CC(=O)NC(C)(C)C1=O. The summed E-state index contributed by atoms with van der Waals surface area (Å²) in [5, 5.41) is 4.69. The van der Waals surface area contributed by atoms with E-state index in [1.165, 1.54) is 0 Å². The van der Waals surface area contributed by atoms with Gasteiger partial charge in [-0.2, -0.15) is 0 Å². The summed E-state index contributed by atoms with van der Waals surface area (Å²) in [6.45, 7) is 5.57. The second-order valence-electron chi connectivity index (χ2n) is 4.80. The maximum atomic E-state index is 12.2. The Morgan fingerprint density at radius 2 is 2.18 bits per heavy atom. The predicted molar refractivity (Wildman–Crippen MR) is 66.7 cm³/mol. The molecule has 0 radical (unpaired) electrons. The molecule has 1 saturated heterocycles. The Morgan fingerprint density at radius 1 is 1.47 bits per heavy atom. The average Bonchev–Trinajstić information content (AvgIpc) is 2.75. The molecule has 2 rings (SSSR count). The Balaban J connectivity index is 2.25. The number of thiophene rings is 1. The first-order valence-electron chi connectivity index (χ1n) is 5.57. The summed E-state index contributed by atoms with van der Waals surface area (Å²) >= 11 is 1.60. The van der Waals surface area contributed by atoms with Gasteiger partial charge < -0.3 is 10.2 Å². The lowest BCUT2D eigenvalue weighted by atomic mass is 9.99. The minimum Gasteiger partial charge on any atom is -0.341 e. The second kappa shape index (κ2) is 4.14. The first kappa shape index (κ1) is 12.1. The molecule has 0 spiro atoms. The van der Waals surface area contributed by atoms with E-state index in [1.54, 1.807) is 30.1 Å². The molecule has 0 aliphatic carbocycles. The van der Waals surface area contributed by atoms with E-state index in [-0.39, 0.29) is 24.4 Å². The van der Waals surface area contributed by atoms with E-state index in [4.69, 9.17) is 0 Å². The van der Waals surface area contributed by atoms with E-state index < -0.39 is 5.54 Å². The van der Waals surface area contributed by atoms with Crippen LogP contribution < -0.4 is 5.32 Å². The van der Waals surface area contributed by atoms with Gasteiger partial charge in [-0.05, 0) is 32.2 Å². The molecule has 4 nitrogen and oxygen atoms in total. The summed E-state index contributed by atoms with van der Waals surface area (Å²) in [6, 6.07) is 3.89. The fourth-order valence-corrected chi connectivity index (χ4v) is 2.82. The molecular weight excluding hydrogens is 236 g/mol. The van der Waals surface area contributed by atoms with Crippen LogP contribution in [0.2, 0.25) is 0 Å². The van der Waals surface area contributed by atoms with Crippen LogP contribution in [0.4, 0.5) is 0 Å². The summed E-state index contributed by atoms with van der Waals surface area (Å²) in [5.41, 5.74) is -0.805. The quantitative estimate of drug-likeness (QED) is 0.868. The van der Waals surface area contributed by atoms with Crippen LogP contribution in [0.15, 0.2) is 17.5 Å². The van der Waals surface area contributed by atoms with Crippen LogP contribution in [0.1, 0.15) is 31.7 Å². The molecule has 1 N–H and O–H groups in total. The van der Waals surface area contributed by atoms with Gasteiger partial charge >= 0.3 is 0 Å². The zero-order valence-electron chi connectivity index (χ0n) is 10.2. The molecule has 1 fully saturated rings. The van der Waals surface area contributed by atoms with Crippen LogP contribution in [0.3, 0.4) is 0 Å². The van der Waals surface area contributed by atoms with Crippen molar-refractivity contribution < 1.29 is 9.59 Å². The molecule has 1 aliphatic heterocycles. The zero-order valence-corrected chi connectivity index (χ0v) is 11.0. The highest BCUT2D eigenvalue weighted by molar-refractivity contribution is 7.10. The van der Waals surface area contributed by atoms with E-state index >= 15 is 0 Å². The number of rotatable bonds is 2. The van der Waals surface area contributed by atoms with Gasteiger partial charge in [0.2, 0.25) is 11.8 Å². The average molecular weight is 252 g/mol. The number of nitrogens with zero attached hydrogens (tertiary/aromatic N) is 1. The van der Waals surface area contributed by atoms with Crippen molar-refractivity contribution in [3.05, 3.63) is 22.4 Å². The molecule has 0 aromatic carbocycles. The third kappa shape index (κ3) is 2.20. The largest absolute Gasteiger partial charge is 0.341 e. The van der Waals surface area contributed by atoms with E-state index in [9.17, 15) is 9.59 Å². The van der Waals surface area contributed by atoms with Crippen LogP contribution in [0.25, 0.3) is 0 Å². The van der Waals surface area contributed by atoms with Crippen molar-refractivity contribution in [2.45, 2.75) is 32.4 Å². The summed E-state index contributed by atoms with van der Waals surface area (Å²) in [5.74, 6) is -0.129. The van der Waals surface area contributed by atoms with Gasteiger partial charge in [-0.25, -0.2) is 0 Å². The number of carbonyl (C=O) groups is 2. The monoisotopic (exact) mass is 252 g/mol. The number of piperazine rings is 1. The van der Waals surface area contributed by atoms with Crippen LogP contribution >= 0.6 is 11.3 Å². The number of nitrogens with one attached hydrogen (secondary N) is 1. The molecule has 0 bridgehead atoms.